The number of hydrogen-bond acceptors (Lipinski definition) is 5. The van der Waals surface area contributed by atoms with Crippen molar-refractivity contribution >= 4 is 40.7 Å². The Kier molecular flexibility index (Phi) is 7.59. The highest BCUT2D eigenvalue weighted by molar-refractivity contribution is 6.34. The van der Waals surface area contributed by atoms with Crippen LogP contribution in [0.15, 0.2) is 54.7 Å². The standard InChI is InChI=1S/C28H29ClN6O2/c1-5-17-8-7-9-18(6-2)24(17)34-27(37)20-15-23(35(4)25(20)29)22-12-13-31-28(33-22)32-21-11-10-19(26(30)36)14-16(21)3/h7-15H,5-6H2,1-4H3,(H2,30,36)(H,34,37)(H,31,32,33). The van der Waals surface area contributed by atoms with E-state index in [0.29, 0.717) is 33.6 Å². The van der Waals surface area contributed by atoms with Gasteiger partial charge in [0, 0.05) is 30.2 Å². The molecule has 0 saturated heterocycles. The SMILES string of the molecule is CCc1cccc(CC)c1NC(=O)c1cc(-c2ccnc(Nc3ccc(C(N)=O)cc3C)n2)n(C)c1Cl. The lowest BCUT2D eigenvalue weighted by atomic mass is 10.0. The summed E-state index contributed by atoms with van der Waals surface area (Å²) in [5, 5.41) is 6.56. The number of amides is 2. The zero-order valence-electron chi connectivity index (χ0n) is 21.2. The predicted octanol–water partition coefficient (Wildman–Crippen LogP) is 5.66. The molecule has 0 aliphatic heterocycles. The van der Waals surface area contributed by atoms with Gasteiger partial charge in [0.15, 0.2) is 0 Å². The first-order chi connectivity index (χ1) is 17.7. The summed E-state index contributed by atoms with van der Waals surface area (Å²) in [4.78, 5) is 33.7. The zero-order chi connectivity index (χ0) is 26.7. The van der Waals surface area contributed by atoms with Crippen LogP contribution in [-0.4, -0.2) is 26.3 Å². The first kappa shape index (κ1) is 25.9. The van der Waals surface area contributed by atoms with E-state index in [2.05, 4.69) is 34.4 Å². The molecule has 4 rings (SSSR count). The van der Waals surface area contributed by atoms with Crippen LogP contribution in [0.5, 0.6) is 0 Å². The van der Waals surface area contributed by atoms with Gasteiger partial charge in [0.25, 0.3) is 5.91 Å². The number of para-hydroxylation sites is 1. The summed E-state index contributed by atoms with van der Waals surface area (Å²) < 4.78 is 1.72. The predicted molar refractivity (Wildman–Crippen MR) is 148 cm³/mol. The minimum Gasteiger partial charge on any atom is -0.366 e. The molecule has 37 heavy (non-hydrogen) atoms. The Labute approximate surface area is 220 Å². The van der Waals surface area contributed by atoms with E-state index < -0.39 is 5.91 Å². The van der Waals surface area contributed by atoms with Gasteiger partial charge in [-0.1, -0.05) is 43.6 Å². The lowest BCUT2D eigenvalue weighted by molar-refractivity contribution is 0.0997. The van der Waals surface area contributed by atoms with Crippen LogP contribution in [0.4, 0.5) is 17.3 Å². The summed E-state index contributed by atoms with van der Waals surface area (Å²) in [6.45, 7) is 5.99. The highest BCUT2D eigenvalue weighted by Crippen LogP contribution is 2.30. The average molecular weight is 517 g/mol. The van der Waals surface area contributed by atoms with Crippen LogP contribution in [0.3, 0.4) is 0 Å². The summed E-state index contributed by atoms with van der Waals surface area (Å²) in [6, 6.07) is 14.6. The fourth-order valence-corrected chi connectivity index (χ4v) is 4.44. The van der Waals surface area contributed by atoms with E-state index in [1.54, 1.807) is 48.1 Å². The van der Waals surface area contributed by atoms with Gasteiger partial charge >= 0.3 is 0 Å². The Morgan fingerprint density at radius 3 is 2.38 bits per heavy atom. The van der Waals surface area contributed by atoms with Crippen molar-refractivity contribution in [2.45, 2.75) is 33.6 Å². The number of anilines is 3. The number of aryl methyl sites for hydroxylation is 3. The molecular weight excluding hydrogens is 488 g/mol. The smallest absolute Gasteiger partial charge is 0.258 e. The van der Waals surface area contributed by atoms with Crippen LogP contribution in [0.1, 0.15) is 51.3 Å². The number of halogens is 1. The van der Waals surface area contributed by atoms with Gasteiger partial charge < -0.3 is 20.9 Å². The normalized spacial score (nSPS) is 10.8. The molecule has 4 N–H and O–H groups in total. The molecule has 2 amide bonds. The minimum atomic E-state index is -0.488. The number of rotatable bonds is 8. The quantitative estimate of drug-likeness (QED) is 0.279. The zero-order valence-corrected chi connectivity index (χ0v) is 22.0. The second-order valence-electron chi connectivity index (χ2n) is 8.69. The molecule has 190 valence electrons. The fourth-order valence-electron chi connectivity index (χ4n) is 4.21. The number of benzene rings is 2. The van der Waals surface area contributed by atoms with E-state index in [9.17, 15) is 9.59 Å². The lowest BCUT2D eigenvalue weighted by Crippen LogP contribution is -2.15. The third-order valence-corrected chi connectivity index (χ3v) is 6.77. The molecule has 9 heteroatoms. The summed E-state index contributed by atoms with van der Waals surface area (Å²) in [7, 11) is 1.79. The van der Waals surface area contributed by atoms with Crippen LogP contribution < -0.4 is 16.4 Å². The average Bonchev–Trinajstić information content (AvgIpc) is 3.19. The Balaban J connectivity index is 1.63. The Morgan fingerprint density at radius 1 is 1.05 bits per heavy atom. The molecular formula is C28H29ClN6O2. The van der Waals surface area contributed by atoms with Crippen molar-refractivity contribution in [3.8, 4) is 11.4 Å². The maximum Gasteiger partial charge on any atom is 0.258 e. The molecule has 0 atom stereocenters. The summed E-state index contributed by atoms with van der Waals surface area (Å²) in [5.41, 5.74) is 12.0. The number of carbonyl (C=O) groups is 2. The molecule has 0 fully saturated rings. The van der Waals surface area contributed by atoms with Gasteiger partial charge in [-0.2, -0.15) is 0 Å². The van der Waals surface area contributed by atoms with E-state index in [1.807, 2.05) is 25.1 Å². The molecule has 2 aromatic carbocycles. The van der Waals surface area contributed by atoms with Crippen molar-refractivity contribution < 1.29 is 9.59 Å². The van der Waals surface area contributed by atoms with Gasteiger partial charge in [0.1, 0.15) is 5.15 Å². The minimum absolute atomic E-state index is 0.278. The molecule has 2 heterocycles. The largest absolute Gasteiger partial charge is 0.366 e. The van der Waals surface area contributed by atoms with E-state index in [-0.39, 0.29) is 5.91 Å². The molecule has 0 radical (unpaired) electrons. The number of nitrogens with one attached hydrogen (secondary N) is 2. The number of primary amides is 1. The van der Waals surface area contributed by atoms with Gasteiger partial charge in [-0.05, 0) is 66.8 Å². The topological polar surface area (TPSA) is 115 Å². The first-order valence-electron chi connectivity index (χ1n) is 12.0. The van der Waals surface area contributed by atoms with Crippen molar-refractivity contribution in [1.29, 1.82) is 0 Å². The molecule has 8 nitrogen and oxygen atoms in total. The van der Waals surface area contributed by atoms with Crippen molar-refractivity contribution in [3.05, 3.63) is 87.7 Å². The molecule has 0 unspecified atom stereocenters. The monoisotopic (exact) mass is 516 g/mol. The Morgan fingerprint density at radius 2 is 1.76 bits per heavy atom. The van der Waals surface area contributed by atoms with E-state index in [1.165, 1.54) is 0 Å². The van der Waals surface area contributed by atoms with Crippen LogP contribution in [0.25, 0.3) is 11.4 Å². The van der Waals surface area contributed by atoms with Crippen LogP contribution in [-0.2, 0) is 19.9 Å². The maximum absolute atomic E-state index is 13.3. The van der Waals surface area contributed by atoms with E-state index in [4.69, 9.17) is 17.3 Å². The van der Waals surface area contributed by atoms with Crippen molar-refractivity contribution in [3.63, 3.8) is 0 Å². The van der Waals surface area contributed by atoms with Gasteiger partial charge in [0.05, 0.1) is 17.0 Å². The van der Waals surface area contributed by atoms with E-state index in [0.717, 1.165) is 40.9 Å². The number of hydrogen-bond donors (Lipinski definition) is 3. The number of nitrogens with zero attached hydrogens (tertiary/aromatic N) is 3. The van der Waals surface area contributed by atoms with Gasteiger partial charge in [-0.15, -0.1) is 0 Å². The first-order valence-corrected chi connectivity index (χ1v) is 12.4. The molecule has 0 aliphatic rings. The Bertz CT molecular complexity index is 1470. The van der Waals surface area contributed by atoms with Crippen LogP contribution in [0, 0.1) is 6.92 Å². The number of nitrogens with two attached hydrogens (primary N) is 1. The highest BCUT2D eigenvalue weighted by Gasteiger charge is 2.21. The third kappa shape index (κ3) is 5.34. The van der Waals surface area contributed by atoms with Gasteiger partial charge in [-0.25, -0.2) is 9.97 Å². The van der Waals surface area contributed by atoms with Crippen molar-refractivity contribution in [2.24, 2.45) is 12.8 Å². The molecule has 0 aliphatic carbocycles. The summed E-state index contributed by atoms with van der Waals surface area (Å²) >= 11 is 6.61. The summed E-state index contributed by atoms with van der Waals surface area (Å²) in [5.74, 6) is -0.405. The summed E-state index contributed by atoms with van der Waals surface area (Å²) in [6.07, 6.45) is 3.24. The van der Waals surface area contributed by atoms with E-state index >= 15 is 0 Å². The van der Waals surface area contributed by atoms with Gasteiger partial charge in [-0.3, -0.25) is 9.59 Å². The lowest BCUT2D eigenvalue weighted by Gasteiger charge is -2.14. The molecule has 0 bridgehead atoms. The second-order valence-corrected chi connectivity index (χ2v) is 9.05. The third-order valence-electron chi connectivity index (χ3n) is 6.32. The maximum atomic E-state index is 13.3. The van der Waals surface area contributed by atoms with Crippen LogP contribution in [0.2, 0.25) is 5.15 Å². The number of aromatic nitrogens is 3. The molecule has 4 aromatic rings. The van der Waals surface area contributed by atoms with Crippen LogP contribution >= 0.6 is 11.6 Å². The molecule has 0 saturated carbocycles. The Hall–Kier alpha value is -4.17. The number of carbonyl (C=O) groups excluding carboxylic acids is 2. The van der Waals surface area contributed by atoms with Crippen molar-refractivity contribution in [2.75, 3.05) is 10.6 Å². The van der Waals surface area contributed by atoms with Gasteiger partial charge in [0.2, 0.25) is 11.9 Å². The molecule has 2 aromatic heterocycles. The molecule has 0 spiro atoms. The second kappa shape index (κ2) is 10.8. The fraction of sp³-hybridized carbons (Fsp3) is 0.214. The van der Waals surface area contributed by atoms with Crippen molar-refractivity contribution in [1.82, 2.24) is 14.5 Å². The highest BCUT2D eigenvalue weighted by atomic mass is 35.5.